The smallest absolute Gasteiger partial charge is 0.243 e. The number of rotatable bonds is 5. The maximum Gasteiger partial charge on any atom is 0.243 e. The van der Waals surface area contributed by atoms with E-state index < -0.39 is 10.0 Å². The summed E-state index contributed by atoms with van der Waals surface area (Å²) < 4.78 is 28.3. The Kier molecular flexibility index (Phi) is 7.17. The Morgan fingerprint density at radius 2 is 1.79 bits per heavy atom. The van der Waals surface area contributed by atoms with Crippen molar-refractivity contribution < 1.29 is 13.2 Å². The van der Waals surface area contributed by atoms with Crippen LogP contribution < -0.4 is 5.32 Å². The van der Waals surface area contributed by atoms with Crippen LogP contribution in [-0.2, 0) is 14.8 Å². The van der Waals surface area contributed by atoms with Crippen molar-refractivity contribution in [1.29, 1.82) is 0 Å². The van der Waals surface area contributed by atoms with Crippen molar-refractivity contribution >= 4 is 31.9 Å². The van der Waals surface area contributed by atoms with Crippen LogP contribution >= 0.6 is 15.9 Å². The van der Waals surface area contributed by atoms with Crippen molar-refractivity contribution in [2.24, 2.45) is 0 Å². The second-order valence-corrected chi connectivity index (χ2v) is 10.7. The van der Waals surface area contributed by atoms with Gasteiger partial charge >= 0.3 is 0 Å². The first-order valence-corrected chi connectivity index (χ1v) is 12.3. The molecule has 0 radical (unpaired) electrons. The van der Waals surface area contributed by atoms with Crippen molar-refractivity contribution in [2.75, 3.05) is 26.2 Å². The van der Waals surface area contributed by atoms with Crippen LogP contribution in [0.3, 0.4) is 0 Å². The number of hydrogen-bond donors (Lipinski definition) is 1. The largest absolute Gasteiger partial charge is 0.352 e. The van der Waals surface area contributed by atoms with E-state index in [-0.39, 0.29) is 11.9 Å². The topological polar surface area (TPSA) is 69.7 Å². The number of amides is 1. The highest BCUT2D eigenvalue weighted by Crippen LogP contribution is 2.24. The maximum absolute atomic E-state index is 12.9. The van der Waals surface area contributed by atoms with Gasteiger partial charge in [0.25, 0.3) is 0 Å². The molecule has 1 saturated heterocycles. The summed E-state index contributed by atoms with van der Waals surface area (Å²) in [6, 6.07) is 5.18. The minimum Gasteiger partial charge on any atom is -0.352 e. The first-order chi connectivity index (χ1) is 13.3. The van der Waals surface area contributed by atoms with E-state index in [9.17, 15) is 13.2 Å². The number of piperazine rings is 1. The van der Waals surface area contributed by atoms with Gasteiger partial charge in [-0.25, -0.2) is 8.42 Å². The molecule has 1 amide bonds. The Balaban J connectivity index is 1.57. The van der Waals surface area contributed by atoms with Crippen molar-refractivity contribution in [2.45, 2.75) is 62.9 Å². The van der Waals surface area contributed by atoms with Crippen molar-refractivity contribution in [3.05, 3.63) is 28.2 Å². The quantitative estimate of drug-likeness (QED) is 0.716. The van der Waals surface area contributed by atoms with Crippen molar-refractivity contribution in [3.8, 4) is 0 Å². The molecule has 1 atom stereocenters. The molecule has 6 nitrogen and oxygen atoms in total. The summed E-state index contributed by atoms with van der Waals surface area (Å²) in [4.78, 5) is 15.0. The predicted molar refractivity (Wildman–Crippen MR) is 114 cm³/mol. The lowest BCUT2D eigenvalue weighted by Gasteiger charge is -2.37. The molecule has 28 heavy (non-hydrogen) atoms. The number of nitrogens with one attached hydrogen (secondary N) is 1. The number of carbonyl (C=O) groups excluding carboxylic acids is 1. The van der Waals surface area contributed by atoms with E-state index >= 15 is 0 Å². The molecule has 1 aliphatic heterocycles. The summed E-state index contributed by atoms with van der Waals surface area (Å²) in [5, 5.41) is 3.18. The zero-order valence-corrected chi connectivity index (χ0v) is 19.1. The van der Waals surface area contributed by atoms with E-state index in [1.807, 2.05) is 13.8 Å². The van der Waals surface area contributed by atoms with Crippen LogP contribution in [-0.4, -0.2) is 61.8 Å². The molecular formula is C20H30BrN3O3S. The maximum atomic E-state index is 12.9. The highest BCUT2D eigenvalue weighted by atomic mass is 79.9. The number of sulfonamides is 1. The molecule has 156 valence electrons. The molecule has 8 heteroatoms. The number of carbonyl (C=O) groups is 1. The molecule has 0 aromatic heterocycles. The highest BCUT2D eigenvalue weighted by Gasteiger charge is 2.32. The second kappa shape index (κ2) is 9.24. The van der Waals surface area contributed by atoms with E-state index in [0.29, 0.717) is 37.1 Å². The fourth-order valence-electron chi connectivity index (χ4n) is 3.99. The molecule has 1 aromatic carbocycles. The van der Waals surface area contributed by atoms with E-state index in [1.54, 1.807) is 18.2 Å². The fraction of sp³-hybridized carbons (Fsp3) is 0.650. The number of halogens is 1. The van der Waals surface area contributed by atoms with Gasteiger partial charge in [-0.3, -0.25) is 9.69 Å². The van der Waals surface area contributed by atoms with Gasteiger partial charge in [-0.05, 0) is 50.5 Å². The summed E-state index contributed by atoms with van der Waals surface area (Å²) in [7, 11) is -3.51. The van der Waals surface area contributed by atoms with Crippen LogP contribution in [0.15, 0.2) is 27.6 Å². The third kappa shape index (κ3) is 4.96. The standard InChI is InChI=1S/C20H30BrN3O3S/c1-15-14-18(8-9-19(15)21)28(26,27)24-12-10-23(11-13-24)16(2)20(25)22-17-6-4-3-5-7-17/h8-9,14,16-17H,3-7,10-13H2,1-2H3,(H,22,25)/t16-/m0/s1. The minimum absolute atomic E-state index is 0.0618. The van der Waals surface area contributed by atoms with Gasteiger partial charge in [-0.15, -0.1) is 0 Å². The minimum atomic E-state index is -3.51. The van der Waals surface area contributed by atoms with Crippen LogP contribution in [0.5, 0.6) is 0 Å². The van der Waals surface area contributed by atoms with Crippen molar-refractivity contribution in [1.82, 2.24) is 14.5 Å². The summed E-state index contributed by atoms with van der Waals surface area (Å²) in [5.74, 6) is 0.0618. The van der Waals surface area contributed by atoms with Crippen LogP contribution in [0.25, 0.3) is 0 Å². The lowest BCUT2D eigenvalue weighted by molar-refractivity contribution is -0.127. The van der Waals surface area contributed by atoms with Gasteiger partial charge in [0.1, 0.15) is 0 Å². The van der Waals surface area contributed by atoms with Crippen LogP contribution in [0.4, 0.5) is 0 Å². The van der Waals surface area contributed by atoms with Gasteiger partial charge in [-0.2, -0.15) is 4.31 Å². The van der Waals surface area contributed by atoms with Gasteiger partial charge < -0.3 is 5.32 Å². The molecule has 1 aromatic rings. The zero-order chi connectivity index (χ0) is 20.3. The molecule has 1 saturated carbocycles. The van der Waals surface area contributed by atoms with E-state index in [4.69, 9.17) is 0 Å². The summed E-state index contributed by atoms with van der Waals surface area (Å²) >= 11 is 3.41. The molecular weight excluding hydrogens is 442 g/mol. The van der Waals surface area contributed by atoms with Gasteiger partial charge in [0.05, 0.1) is 10.9 Å². The third-order valence-electron chi connectivity index (χ3n) is 5.92. The van der Waals surface area contributed by atoms with Crippen LogP contribution in [0, 0.1) is 6.92 Å². The first-order valence-electron chi connectivity index (χ1n) is 10.1. The fourth-order valence-corrected chi connectivity index (χ4v) is 5.75. The SMILES string of the molecule is Cc1cc(S(=O)(=O)N2CCN([C@@H](C)C(=O)NC3CCCCC3)CC2)ccc1Br. The average molecular weight is 472 g/mol. The molecule has 0 bridgehead atoms. The van der Waals surface area contributed by atoms with Gasteiger partial charge in [0.15, 0.2) is 0 Å². The predicted octanol–water partition coefficient (Wildman–Crippen LogP) is 2.90. The summed E-state index contributed by atoms with van der Waals surface area (Å²) in [5.41, 5.74) is 0.896. The second-order valence-electron chi connectivity index (χ2n) is 7.87. The summed E-state index contributed by atoms with van der Waals surface area (Å²) in [6.07, 6.45) is 5.77. The Bertz CT molecular complexity index is 801. The number of hydrogen-bond acceptors (Lipinski definition) is 4. The molecule has 0 spiro atoms. The average Bonchev–Trinajstić information content (AvgIpc) is 2.70. The van der Waals surface area contributed by atoms with Gasteiger partial charge in [-0.1, -0.05) is 35.2 Å². The molecule has 0 unspecified atom stereocenters. The Labute approximate surface area is 176 Å². The Hall–Kier alpha value is -0.960. The highest BCUT2D eigenvalue weighted by molar-refractivity contribution is 9.10. The van der Waals surface area contributed by atoms with Crippen LogP contribution in [0.1, 0.15) is 44.6 Å². The Morgan fingerprint density at radius 1 is 1.14 bits per heavy atom. The van der Waals surface area contributed by atoms with Gasteiger partial charge in [0, 0.05) is 36.7 Å². The summed E-state index contributed by atoms with van der Waals surface area (Å²) in [6.45, 7) is 5.73. The molecule has 1 N–H and O–H groups in total. The molecule has 1 heterocycles. The lowest BCUT2D eigenvalue weighted by atomic mass is 9.95. The van der Waals surface area contributed by atoms with E-state index in [2.05, 4.69) is 26.1 Å². The number of nitrogens with zero attached hydrogens (tertiary/aromatic N) is 2. The zero-order valence-electron chi connectivity index (χ0n) is 16.7. The number of benzene rings is 1. The molecule has 3 rings (SSSR count). The van der Waals surface area contributed by atoms with Crippen molar-refractivity contribution in [3.63, 3.8) is 0 Å². The monoisotopic (exact) mass is 471 g/mol. The lowest BCUT2D eigenvalue weighted by Crippen LogP contribution is -2.55. The van der Waals surface area contributed by atoms with Crippen LogP contribution in [0.2, 0.25) is 0 Å². The third-order valence-corrected chi connectivity index (χ3v) is 8.70. The first kappa shape index (κ1) is 21.7. The molecule has 1 aliphatic carbocycles. The number of aryl methyl sites for hydroxylation is 1. The van der Waals surface area contributed by atoms with E-state index in [1.165, 1.54) is 23.6 Å². The molecule has 2 aliphatic rings. The Morgan fingerprint density at radius 3 is 2.39 bits per heavy atom. The normalized spacial score (nSPS) is 21.4. The van der Waals surface area contributed by atoms with E-state index in [0.717, 1.165) is 22.9 Å². The molecule has 2 fully saturated rings. The van der Waals surface area contributed by atoms with Gasteiger partial charge in [0.2, 0.25) is 15.9 Å².